The number of hydrogen-bond donors (Lipinski definition) is 2. The van der Waals surface area contributed by atoms with E-state index in [9.17, 15) is 9.59 Å². The van der Waals surface area contributed by atoms with Gasteiger partial charge in [-0.15, -0.1) is 0 Å². The summed E-state index contributed by atoms with van der Waals surface area (Å²) in [6.07, 6.45) is 9.85. The molecule has 0 spiro atoms. The number of urea groups is 1. The maximum atomic E-state index is 12.6. The molecule has 1 saturated heterocycles. The Balaban J connectivity index is 1.28. The Morgan fingerprint density at radius 3 is 2.59 bits per heavy atom. The molecule has 3 amide bonds. The minimum Gasteiger partial charge on any atom is -0.339 e. The van der Waals surface area contributed by atoms with E-state index < -0.39 is 0 Å². The molecule has 2 unspecified atom stereocenters. The number of nitrogens with one attached hydrogen (secondary N) is 2. The zero-order valence-electron chi connectivity index (χ0n) is 16.3. The van der Waals surface area contributed by atoms with Crippen LogP contribution in [0.25, 0.3) is 0 Å². The lowest BCUT2D eigenvalue weighted by Crippen LogP contribution is -2.49. The SMILES string of the molecule is O=C(NCCCCC(=O)N1CCCC2CCCCC21)NCc1ccccc1. The summed E-state index contributed by atoms with van der Waals surface area (Å²) in [7, 11) is 0. The lowest BCUT2D eigenvalue weighted by Gasteiger charge is -2.44. The summed E-state index contributed by atoms with van der Waals surface area (Å²) in [6, 6.07) is 10.2. The van der Waals surface area contributed by atoms with Crippen molar-refractivity contribution >= 4 is 11.9 Å². The predicted octanol–water partition coefficient (Wildman–Crippen LogP) is 3.84. The Morgan fingerprint density at radius 2 is 1.74 bits per heavy atom. The molecule has 2 aliphatic rings. The molecule has 5 nitrogen and oxygen atoms in total. The Hall–Kier alpha value is -2.04. The van der Waals surface area contributed by atoms with Crippen molar-refractivity contribution in [2.75, 3.05) is 13.1 Å². The number of carbonyl (C=O) groups is 2. The van der Waals surface area contributed by atoms with Crippen molar-refractivity contribution in [3.8, 4) is 0 Å². The summed E-state index contributed by atoms with van der Waals surface area (Å²) in [5.74, 6) is 1.06. The third-order valence-corrected chi connectivity index (χ3v) is 5.96. The second kappa shape index (κ2) is 10.3. The van der Waals surface area contributed by atoms with E-state index in [4.69, 9.17) is 0 Å². The van der Waals surface area contributed by atoms with Crippen LogP contribution in [0.3, 0.4) is 0 Å². The molecule has 2 fully saturated rings. The Kier molecular flexibility index (Phi) is 7.55. The number of hydrogen-bond acceptors (Lipinski definition) is 2. The van der Waals surface area contributed by atoms with E-state index in [1.54, 1.807) is 0 Å². The van der Waals surface area contributed by atoms with Gasteiger partial charge in [-0.2, -0.15) is 0 Å². The van der Waals surface area contributed by atoms with Crippen molar-refractivity contribution in [1.82, 2.24) is 15.5 Å². The van der Waals surface area contributed by atoms with E-state index in [1.165, 1.54) is 32.1 Å². The van der Waals surface area contributed by atoms with Gasteiger partial charge in [0.1, 0.15) is 0 Å². The molecule has 1 saturated carbocycles. The number of amides is 3. The van der Waals surface area contributed by atoms with Gasteiger partial charge >= 0.3 is 6.03 Å². The number of nitrogens with zero attached hydrogens (tertiary/aromatic N) is 1. The predicted molar refractivity (Wildman–Crippen MR) is 107 cm³/mol. The smallest absolute Gasteiger partial charge is 0.315 e. The first kappa shape index (κ1) is 19.7. The van der Waals surface area contributed by atoms with Crippen molar-refractivity contribution in [3.05, 3.63) is 35.9 Å². The minimum atomic E-state index is -0.147. The highest BCUT2D eigenvalue weighted by Gasteiger charge is 2.35. The van der Waals surface area contributed by atoms with Crippen LogP contribution in [0.4, 0.5) is 4.79 Å². The van der Waals surface area contributed by atoms with Crippen LogP contribution in [0, 0.1) is 5.92 Å². The number of unbranched alkanes of at least 4 members (excludes halogenated alkanes) is 1. The zero-order chi connectivity index (χ0) is 18.9. The van der Waals surface area contributed by atoms with Crippen molar-refractivity contribution < 1.29 is 9.59 Å². The van der Waals surface area contributed by atoms with Gasteiger partial charge in [0, 0.05) is 32.1 Å². The van der Waals surface area contributed by atoms with Crippen LogP contribution < -0.4 is 10.6 Å². The van der Waals surface area contributed by atoms with Crippen LogP contribution in [0.2, 0.25) is 0 Å². The zero-order valence-corrected chi connectivity index (χ0v) is 16.3. The molecule has 0 aromatic heterocycles. The number of piperidine rings is 1. The third kappa shape index (κ3) is 5.98. The number of carbonyl (C=O) groups excluding carboxylic acids is 2. The first-order valence-corrected chi connectivity index (χ1v) is 10.6. The van der Waals surface area contributed by atoms with Crippen LogP contribution in [-0.4, -0.2) is 36.0 Å². The second-order valence-electron chi connectivity index (χ2n) is 7.89. The quantitative estimate of drug-likeness (QED) is 0.716. The van der Waals surface area contributed by atoms with Gasteiger partial charge in [-0.3, -0.25) is 4.79 Å². The average Bonchev–Trinajstić information content (AvgIpc) is 2.72. The molecule has 3 rings (SSSR count). The Morgan fingerprint density at radius 1 is 0.963 bits per heavy atom. The Bertz CT molecular complexity index is 603. The van der Waals surface area contributed by atoms with Crippen LogP contribution in [-0.2, 0) is 11.3 Å². The summed E-state index contributed by atoms with van der Waals surface area (Å²) in [4.78, 5) is 26.6. The first-order valence-electron chi connectivity index (χ1n) is 10.6. The van der Waals surface area contributed by atoms with Gasteiger partial charge in [0.15, 0.2) is 0 Å². The molecule has 0 radical (unpaired) electrons. The molecule has 148 valence electrons. The summed E-state index contributed by atoms with van der Waals surface area (Å²) in [5.41, 5.74) is 1.08. The fourth-order valence-corrected chi connectivity index (χ4v) is 4.52. The van der Waals surface area contributed by atoms with Gasteiger partial charge in [0.05, 0.1) is 0 Å². The van der Waals surface area contributed by atoms with Crippen LogP contribution in [0.1, 0.15) is 63.4 Å². The van der Waals surface area contributed by atoms with Crippen LogP contribution >= 0.6 is 0 Å². The fraction of sp³-hybridized carbons (Fsp3) is 0.636. The second-order valence-corrected chi connectivity index (χ2v) is 7.89. The highest BCUT2D eigenvalue weighted by atomic mass is 16.2. The molecule has 1 aliphatic heterocycles. The summed E-state index contributed by atoms with van der Waals surface area (Å²) in [6.45, 7) is 2.09. The Labute approximate surface area is 162 Å². The molecule has 5 heteroatoms. The van der Waals surface area contributed by atoms with Crippen molar-refractivity contribution in [1.29, 1.82) is 0 Å². The normalized spacial score (nSPS) is 22.0. The third-order valence-electron chi connectivity index (χ3n) is 5.96. The highest BCUT2D eigenvalue weighted by molar-refractivity contribution is 5.76. The minimum absolute atomic E-state index is 0.147. The molecule has 1 aromatic carbocycles. The maximum absolute atomic E-state index is 12.6. The molecule has 2 atom stereocenters. The molecule has 0 bridgehead atoms. The van der Waals surface area contributed by atoms with E-state index in [0.29, 0.717) is 31.5 Å². The van der Waals surface area contributed by atoms with Gasteiger partial charge in [-0.1, -0.05) is 43.2 Å². The van der Waals surface area contributed by atoms with E-state index >= 15 is 0 Å². The lowest BCUT2D eigenvalue weighted by molar-refractivity contribution is -0.137. The van der Waals surface area contributed by atoms with E-state index in [2.05, 4.69) is 15.5 Å². The molecule has 2 N–H and O–H groups in total. The van der Waals surface area contributed by atoms with Gasteiger partial charge in [-0.05, 0) is 50.0 Å². The first-order chi connectivity index (χ1) is 13.2. The lowest BCUT2D eigenvalue weighted by atomic mass is 9.78. The topological polar surface area (TPSA) is 61.4 Å². The molecular formula is C22H33N3O2. The largest absolute Gasteiger partial charge is 0.339 e. The fourth-order valence-electron chi connectivity index (χ4n) is 4.52. The average molecular weight is 372 g/mol. The highest BCUT2D eigenvalue weighted by Crippen LogP contribution is 2.35. The van der Waals surface area contributed by atoms with E-state index in [0.717, 1.165) is 37.3 Å². The summed E-state index contributed by atoms with van der Waals surface area (Å²) in [5, 5.41) is 5.73. The summed E-state index contributed by atoms with van der Waals surface area (Å²) < 4.78 is 0. The molecule has 27 heavy (non-hydrogen) atoms. The van der Waals surface area contributed by atoms with E-state index in [1.807, 2.05) is 30.3 Å². The monoisotopic (exact) mass is 371 g/mol. The van der Waals surface area contributed by atoms with Gasteiger partial charge in [-0.25, -0.2) is 4.79 Å². The number of fused-ring (bicyclic) bond motifs is 1. The molecular weight excluding hydrogens is 338 g/mol. The number of benzene rings is 1. The summed E-state index contributed by atoms with van der Waals surface area (Å²) >= 11 is 0. The number of likely N-dealkylation sites (tertiary alicyclic amines) is 1. The molecule has 1 heterocycles. The van der Waals surface area contributed by atoms with Gasteiger partial charge in [0.25, 0.3) is 0 Å². The molecule has 1 aromatic rings. The van der Waals surface area contributed by atoms with Gasteiger partial charge < -0.3 is 15.5 Å². The standard InChI is InChI=1S/C22H33N3O2/c26-21(25-16-8-12-19-11-4-5-13-20(19)25)14-6-7-15-23-22(27)24-17-18-9-2-1-3-10-18/h1-3,9-10,19-20H,4-8,11-17H2,(H2,23,24,27). The van der Waals surface area contributed by atoms with Gasteiger partial charge in [0.2, 0.25) is 5.91 Å². The van der Waals surface area contributed by atoms with Crippen LogP contribution in [0.5, 0.6) is 0 Å². The van der Waals surface area contributed by atoms with Crippen molar-refractivity contribution in [3.63, 3.8) is 0 Å². The van der Waals surface area contributed by atoms with Crippen molar-refractivity contribution in [2.24, 2.45) is 5.92 Å². The molecule has 1 aliphatic carbocycles. The van der Waals surface area contributed by atoms with Crippen LogP contribution in [0.15, 0.2) is 30.3 Å². The maximum Gasteiger partial charge on any atom is 0.315 e. The number of rotatable bonds is 7. The van der Waals surface area contributed by atoms with Crippen molar-refractivity contribution in [2.45, 2.75) is 70.4 Å². The van der Waals surface area contributed by atoms with E-state index in [-0.39, 0.29) is 6.03 Å².